The molecule has 0 atom stereocenters. The number of fused-ring (bicyclic) bond motifs is 1. The second-order valence-electron chi connectivity index (χ2n) is 5.18. The third-order valence-electron chi connectivity index (χ3n) is 3.60. The van der Waals surface area contributed by atoms with Crippen LogP contribution in [0.4, 0.5) is 5.69 Å². The normalized spacial score (nSPS) is 10.4. The van der Waals surface area contributed by atoms with Crippen molar-refractivity contribution in [1.29, 1.82) is 0 Å². The molecule has 3 aromatic carbocycles. The van der Waals surface area contributed by atoms with Crippen molar-refractivity contribution >= 4 is 28.3 Å². The molecule has 0 aliphatic heterocycles. The van der Waals surface area contributed by atoms with E-state index in [0.29, 0.717) is 11.3 Å². The van der Waals surface area contributed by atoms with Crippen LogP contribution in [0, 0.1) is 0 Å². The first-order valence-corrected chi connectivity index (χ1v) is 7.22. The van der Waals surface area contributed by atoms with Crippen molar-refractivity contribution in [3.63, 3.8) is 0 Å². The molecule has 0 saturated heterocycles. The number of carboxylic acids is 1. The Morgan fingerprint density at radius 3 is 2.17 bits per heavy atom. The molecule has 3 aromatic rings. The molecule has 3 rings (SSSR count). The van der Waals surface area contributed by atoms with Gasteiger partial charge in [0.1, 0.15) is 6.54 Å². The molecule has 0 saturated carbocycles. The van der Waals surface area contributed by atoms with Crippen LogP contribution in [0.2, 0.25) is 0 Å². The average molecular weight is 305 g/mol. The van der Waals surface area contributed by atoms with Gasteiger partial charge in [-0.1, -0.05) is 48.5 Å². The standard InChI is InChI=1S/C19H15NO3/c21-18(22)13-20(19(23)15-7-2-1-3-8-15)17-11-10-14-6-4-5-9-16(14)12-17/h1-12H,13H2,(H,21,22). The lowest BCUT2D eigenvalue weighted by molar-refractivity contribution is -0.135. The lowest BCUT2D eigenvalue weighted by Gasteiger charge is -2.21. The van der Waals surface area contributed by atoms with Crippen LogP contribution < -0.4 is 4.90 Å². The summed E-state index contributed by atoms with van der Waals surface area (Å²) in [6, 6.07) is 21.9. The van der Waals surface area contributed by atoms with Gasteiger partial charge in [0.25, 0.3) is 5.91 Å². The Morgan fingerprint density at radius 2 is 1.48 bits per heavy atom. The van der Waals surface area contributed by atoms with E-state index in [-0.39, 0.29) is 12.5 Å². The van der Waals surface area contributed by atoms with Crippen molar-refractivity contribution in [1.82, 2.24) is 0 Å². The highest BCUT2D eigenvalue weighted by Gasteiger charge is 2.20. The van der Waals surface area contributed by atoms with Crippen LogP contribution in [-0.4, -0.2) is 23.5 Å². The topological polar surface area (TPSA) is 57.6 Å². The number of hydrogen-bond donors (Lipinski definition) is 1. The summed E-state index contributed by atoms with van der Waals surface area (Å²) < 4.78 is 0. The molecule has 0 aliphatic carbocycles. The lowest BCUT2D eigenvalue weighted by atomic mass is 10.1. The van der Waals surface area contributed by atoms with Gasteiger partial charge in [0.05, 0.1) is 0 Å². The van der Waals surface area contributed by atoms with Crippen LogP contribution >= 0.6 is 0 Å². The van der Waals surface area contributed by atoms with E-state index < -0.39 is 5.97 Å². The molecule has 0 aliphatic rings. The fraction of sp³-hybridized carbons (Fsp3) is 0.0526. The summed E-state index contributed by atoms with van der Waals surface area (Å²) in [6.45, 7) is -0.383. The molecule has 0 heterocycles. The Labute approximate surface area is 133 Å². The molecule has 0 unspecified atom stereocenters. The number of benzene rings is 3. The number of carbonyl (C=O) groups excluding carboxylic acids is 1. The molecule has 1 N–H and O–H groups in total. The quantitative estimate of drug-likeness (QED) is 0.801. The maximum Gasteiger partial charge on any atom is 0.323 e. The summed E-state index contributed by atoms with van der Waals surface area (Å²) in [7, 11) is 0. The van der Waals surface area contributed by atoms with E-state index in [2.05, 4.69) is 0 Å². The number of hydrogen-bond acceptors (Lipinski definition) is 2. The van der Waals surface area contributed by atoms with Gasteiger partial charge in [-0.3, -0.25) is 14.5 Å². The van der Waals surface area contributed by atoms with Gasteiger partial charge in [-0.15, -0.1) is 0 Å². The Hall–Kier alpha value is -3.14. The summed E-state index contributed by atoms with van der Waals surface area (Å²) in [5.41, 5.74) is 1.03. The van der Waals surface area contributed by atoms with E-state index in [1.165, 1.54) is 4.90 Å². The minimum Gasteiger partial charge on any atom is -0.480 e. The highest BCUT2D eigenvalue weighted by molar-refractivity contribution is 6.09. The third kappa shape index (κ3) is 3.21. The number of carboxylic acid groups (broad SMARTS) is 1. The van der Waals surface area contributed by atoms with Gasteiger partial charge in [-0.05, 0) is 35.0 Å². The fourth-order valence-electron chi connectivity index (χ4n) is 2.50. The predicted molar refractivity (Wildman–Crippen MR) is 89.7 cm³/mol. The van der Waals surface area contributed by atoms with Gasteiger partial charge in [0.2, 0.25) is 0 Å². The van der Waals surface area contributed by atoms with Crippen LogP contribution in [0.25, 0.3) is 10.8 Å². The zero-order chi connectivity index (χ0) is 16.2. The Balaban J connectivity index is 2.03. The largest absolute Gasteiger partial charge is 0.480 e. The van der Waals surface area contributed by atoms with Gasteiger partial charge in [-0.2, -0.15) is 0 Å². The molecule has 0 aromatic heterocycles. The van der Waals surface area contributed by atoms with E-state index in [0.717, 1.165) is 10.8 Å². The van der Waals surface area contributed by atoms with Crippen LogP contribution in [0.3, 0.4) is 0 Å². The Morgan fingerprint density at radius 1 is 0.826 bits per heavy atom. The van der Waals surface area contributed by atoms with Crippen molar-refractivity contribution in [2.24, 2.45) is 0 Å². The molecule has 0 fully saturated rings. The summed E-state index contributed by atoms with van der Waals surface area (Å²) in [5, 5.41) is 11.2. The molecule has 0 spiro atoms. The monoisotopic (exact) mass is 305 g/mol. The van der Waals surface area contributed by atoms with E-state index >= 15 is 0 Å². The number of amides is 1. The minimum absolute atomic E-state index is 0.330. The second kappa shape index (κ2) is 6.32. The average Bonchev–Trinajstić information content (AvgIpc) is 2.59. The third-order valence-corrected chi connectivity index (χ3v) is 3.60. The number of nitrogens with zero attached hydrogens (tertiary/aromatic N) is 1. The second-order valence-corrected chi connectivity index (χ2v) is 5.18. The van der Waals surface area contributed by atoms with E-state index in [1.807, 2.05) is 42.5 Å². The van der Waals surface area contributed by atoms with Crippen LogP contribution in [-0.2, 0) is 4.79 Å². The molecule has 1 amide bonds. The van der Waals surface area contributed by atoms with E-state index in [4.69, 9.17) is 5.11 Å². The first-order valence-electron chi connectivity index (χ1n) is 7.22. The van der Waals surface area contributed by atoms with Crippen LogP contribution in [0.5, 0.6) is 0 Å². The van der Waals surface area contributed by atoms with Crippen molar-refractivity contribution in [2.45, 2.75) is 0 Å². The number of carbonyl (C=O) groups is 2. The highest BCUT2D eigenvalue weighted by Crippen LogP contribution is 2.23. The molecule has 114 valence electrons. The van der Waals surface area contributed by atoms with Crippen molar-refractivity contribution in [2.75, 3.05) is 11.4 Å². The summed E-state index contributed by atoms with van der Waals surface area (Å²) >= 11 is 0. The van der Waals surface area contributed by atoms with Crippen LogP contribution in [0.15, 0.2) is 72.8 Å². The first-order chi connectivity index (χ1) is 11.1. The number of aliphatic carboxylic acids is 1. The van der Waals surface area contributed by atoms with Gasteiger partial charge >= 0.3 is 5.97 Å². The number of rotatable bonds is 4. The molecule has 0 bridgehead atoms. The van der Waals surface area contributed by atoms with Crippen LogP contribution in [0.1, 0.15) is 10.4 Å². The van der Waals surface area contributed by atoms with Gasteiger partial charge in [-0.25, -0.2) is 0 Å². The van der Waals surface area contributed by atoms with Gasteiger partial charge in [0, 0.05) is 11.3 Å². The highest BCUT2D eigenvalue weighted by atomic mass is 16.4. The van der Waals surface area contributed by atoms with Gasteiger partial charge in [0.15, 0.2) is 0 Å². The van der Waals surface area contributed by atoms with E-state index in [9.17, 15) is 9.59 Å². The Bertz CT molecular complexity index is 859. The maximum atomic E-state index is 12.7. The zero-order valence-electron chi connectivity index (χ0n) is 12.3. The zero-order valence-corrected chi connectivity index (χ0v) is 12.3. The molecule has 23 heavy (non-hydrogen) atoms. The smallest absolute Gasteiger partial charge is 0.323 e. The van der Waals surface area contributed by atoms with Gasteiger partial charge < -0.3 is 5.11 Å². The summed E-state index contributed by atoms with van der Waals surface area (Å²) in [4.78, 5) is 25.1. The number of anilines is 1. The molecule has 4 nitrogen and oxygen atoms in total. The predicted octanol–water partition coefficient (Wildman–Crippen LogP) is 3.57. The molecular weight excluding hydrogens is 290 g/mol. The fourth-order valence-corrected chi connectivity index (χ4v) is 2.50. The van der Waals surface area contributed by atoms with Crippen molar-refractivity contribution in [3.05, 3.63) is 78.4 Å². The minimum atomic E-state index is -1.05. The Kier molecular flexibility index (Phi) is 4.06. The molecular formula is C19H15NO3. The van der Waals surface area contributed by atoms with Crippen molar-refractivity contribution in [3.8, 4) is 0 Å². The summed E-state index contributed by atoms with van der Waals surface area (Å²) in [5.74, 6) is -1.38. The summed E-state index contributed by atoms with van der Waals surface area (Å²) in [6.07, 6.45) is 0. The molecule has 0 radical (unpaired) electrons. The maximum absolute atomic E-state index is 12.7. The lowest BCUT2D eigenvalue weighted by Crippen LogP contribution is -2.35. The van der Waals surface area contributed by atoms with E-state index in [1.54, 1.807) is 30.3 Å². The molecule has 4 heteroatoms. The first kappa shape index (κ1) is 14.8. The van der Waals surface area contributed by atoms with Crippen molar-refractivity contribution < 1.29 is 14.7 Å². The SMILES string of the molecule is O=C(O)CN(C(=O)c1ccccc1)c1ccc2ccccc2c1.